The van der Waals surface area contributed by atoms with E-state index in [1.54, 1.807) is 30.5 Å². The lowest BCUT2D eigenvalue weighted by Gasteiger charge is -2.30. The largest absolute Gasteiger partial charge is 0.481 e. The number of aromatic nitrogens is 2. The highest BCUT2D eigenvalue weighted by molar-refractivity contribution is 6.05. The normalized spacial score (nSPS) is 21.2. The molecule has 3 aromatic carbocycles. The summed E-state index contributed by atoms with van der Waals surface area (Å²) >= 11 is 0. The van der Waals surface area contributed by atoms with E-state index in [0.29, 0.717) is 29.3 Å². The highest BCUT2D eigenvalue weighted by Gasteiger charge is 2.42. The number of nitrogen functional groups attached to an aromatic ring is 1. The third kappa shape index (κ3) is 31.8. The molecule has 4 heterocycles. The summed E-state index contributed by atoms with van der Waals surface area (Å²) in [5, 5.41) is 86.4. The molecule has 0 saturated carbocycles. The number of carbonyl (C=O) groups excluding carboxylic acids is 17. The molecule has 2 aromatic heterocycles. The number of hydrogen-bond acceptors (Lipinski definition) is 25. The molecule has 5 aromatic rings. The number of nitrogens with two attached hydrogens (primary N) is 2. The zero-order valence-corrected chi connectivity index (χ0v) is 71.7. The Hall–Kier alpha value is -14.5. The number of rotatable bonds is 37. The van der Waals surface area contributed by atoms with Crippen molar-refractivity contribution in [3.63, 3.8) is 0 Å². The van der Waals surface area contributed by atoms with Gasteiger partial charge in [-0.05, 0) is 80.8 Å². The van der Waals surface area contributed by atoms with Gasteiger partial charge in [-0.1, -0.05) is 101 Å². The van der Waals surface area contributed by atoms with E-state index in [9.17, 15) is 117 Å². The highest BCUT2D eigenvalue weighted by Crippen LogP contribution is 2.27. The molecule has 46 nitrogen and oxygen atoms in total. The first kappa shape index (κ1) is 103. The van der Waals surface area contributed by atoms with E-state index in [4.69, 9.17) is 16.2 Å². The second kappa shape index (κ2) is 50.2. The van der Waals surface area contributed by atoms with Crippen LogP contribution in [0, 0.1) is 5.92 Å². The maximum Gasteiger partial charge on any atom is 0.329 e. The van der Waals surface area contributed by atoms with Crippen LogP contribution in [0.3, 0.4) is 0 Å². The number of H-pyrrole nitrogens is 2. The van der Waals surface area contributed by atoms with Crippen LogP contribution in [-0.4, -0.2) is 265 Å². The molecule has 0 radical (unpaired) electrons. The number of nitrogens with one attached hydrogen (secondary N) is 17. The Kier molecular flexibility index (Phi) is 39.6. The van der Waals surface area contributed by atoms with Gasteiger partial charge >= 0.3 is 29.8 Å². The molecule has 7 rings (SSSR count). The molecular formula is C84H111N19O27. The summed E-state index contributed by atoms with van der Waals surface area (Å²) in [5.41, 5.74) is 14.9. The standard InChI is InChI=1S/C84H111N19O27/c1-5-6-7-8-9-10-11-26-64(107)95-54(29-44-36-88-50-23-16-13-19-45(44)50)78(123)98-55(32-63(86)106)79(124)100-58(35-70(116)117)80(125)103-72-43(4)130-84(129)59(31-62(105)47-21-12-15-22-49(47)85)101-83(128)71(41(2)28-67(110)111)102-81(126)61(40-104)96-66(109)38-90-75(120)56(33-68(112)113)97-73(118)42(3)92-77(122)57(34-69(114)115)99-76(121)52(94-65(108)39-91-82(72)127)25-18-27-87-74(119)53-30-48-46-20-14-17-24-51(46)93-60(48)37-89-53/h12-17,19-24,36,41-43,52-59,61,71-72,88-89,93,104H,5-11,18,25-35,37-40,85H2,1-4H3,(H2,86,106)(H,87,119)(H,90,120)(H,91,127)(H,92,122)(H,94,108)(H,95,107)(H,96,109)(H,97,118)(H,98,123)(H,99,121)(H,100,124)(H,101,128)(H,102,126)(H,103,125)(H,110,111)(H,112,113)(H,114,115)(H,116,117). The van der Waals surface area contributed by atoms with E-state index in [2.05, 4.69) is 80.7 Å². The molecule has 704 valence electrons. The molecule has 2 aliphatic rings. The predicted molar refractivity (Wildman–Crippen MR) is 457 cm³/mol. The topological polar surface area (TPSA) is 733 Å². The van der Waals surface area contributed by atoms with E-state index >= 15 is 9.59 Å². The number of carboxylic acid groups (broad SMARTS) is 4. The van der Waals surface area contributed by atoms with Crippen LogP contribution in [0.25, 0.3) is 21.8 Å². The number of Topliss-reactive ketones (excluding diaryl/α,β-unsaturated/α-hetero) is 1. The molecule has 130 heavy (non-hydrogen) atoms. The number of aliphatic carboxylic acids is 4. The average Bonchev–Trinajstić information content (AvgIpc) is 1.63. The summed E-state index contributed by atoms with van der Waals surface area (Å²) in [7, 11) is 0. The molecule has 15 amide bonds. The molecule has 26 N–H and O–H groups in total. The second-order valence-electron chi connectivity index (χ2n) is 31.5. The molecule has 2 aliphatic heterocycles. The van der Waals surface area contributed by atoms with Gasteiger partial charge in [0.2, 0.25) is 88.6 Å². The average molecular weight is 1820 g/mol. The van der Waals surface area contributed by atoms with Crippen molar-refractivity contribution in [2.24, 2.45) is 11.7 Å². The number of primary amides is 1. The maximum atomic E-state index is 15.1. The van der Waals surface area contributed by atoms with Crippen molar-refractivity contribution in [2.75, 3.05) is 32.0 Å². The van der Waals surface area contributed by atoms with E-state index in [1.165, 1.54) is 24.3 Å². The third-order valence-electron chi connectivity index (χ3n) is 21.3. The number of para-hydroxylation sites is 3. The van der Waals surface area contributed by atoms with Crippen LogP contribution in [0.1, 0.15) is 158 Å². The van der Waals surface area contributed by atoms with Gasteiger partial charge in [0, 0.05) is 77.3 Å². The number of anilines is 1. The molecule has 1 saturated heterocycles. The fourth-order valence-electron chi connectivity index (χ4n) is 14.4. The lowest BCUT2D eigenvalue weighted by Crippen LogP contribution is -2.62. The van der Waals surface area contributed by atoms with Gasteiger partial charge in [0.1, 0.15) is 72.6 Å². The van der Waals surface area contributed by atoms with Crippen LogP contribution in [0.5, 0.6) is 0 Å². The Morgan fingerprint density at radius 3 is 1.74 bits per heavy atom. The van der Waals surface area contributed by atoms with Gasteiger partial charge < -0.3 is 126 Å². The molecule has 0 spiro atoms. The minimum absolute atomic E-state index is 0.0303. The minimum atomic E-state index is -2.50. The minimum Gasteiger partial charge on any atom is -0.481 e. The summed E-state index contributed by atoms with van der Waals surface area (Å²) in [6.07, 6.45) is -2.64. The van der Waals surface area contributed by atoms with Crippen molar-refractivity contribution in [1.82, 2.24) is 89.7 Å². The van der Waals surface area contributed by atoms with Crippen LogP contribution in [0.15, 0.2) is 79.0 Å². The first-order chi connectivity index (χ1) is 61.7. The number of aromatic amines is 2. The van der Waals surface area contributed by atoms with Crippen molar-refractivity contribution in [1.29, 1.82) is 0 Å². The van der Waals surface area contributed by atoms with E-state index in [-0.39, 0.29) is 50.0 Å². The number of hydrogen-bond donors (Lipinski definition) is 24. The number of benzene rings is 3. The number of esters is 1. The fraction of sp³-hybridized carbons (Fsp3) is 0.488. The van der Waals surface area contributed by atoms with Crippen LogP contribution in [0.2, 0.25) is 0 Å². The number of carbonyl (C=O) groups is 21. The molecule has 14 unspecified atom stereocenters. The predicted octanol–water partition coefficient (Wildman–Crippen LogP) is -4.27. The van der Waals surface area contributed by atoms with Gasteiger partial charge in [0.05, 0.1) is 57.8 Å². The quantitative estimate of drug-likeness (QED) is 0.00775. The first-order valence-electron chi connectivity index (χ1n) is 42.1. The number of aliphatic hydroxyl groups excluding tert-OH is 1. The zero-order valence-electron chi connectivity index (χ0n) is 71.7. The molecular weight excluding hydrogens is 1710 g/mol. The lowest BCUT2D eigenvalue weighted by molar-refractivity contribution is -0.156. The number of ether oxygens (including phenoxy) is 1. The van der Waals surface area contributed by atoms with E-state index in [1.807, 2.05) is 40.2 Å². The number of cyclic esters (lactones) is 1. The van der Waals surface area contributed by atoms with E-state index < -0.39 is 273 Å². The van der Waals surface area contributed by atoms with Crippen LogP contribution in [-0.2, 0) is 120 Å². The Bertz CT molecular complexity index is 5010. The highest BCUT2D eigenvalue weighted by atomic mass is 16.5. The monoisotopic (exact) mass is 1820 g/mol. The number of carboxylic acids is 4. The van der Waals surface area contributed by atoms with Gasteiger partial charge in [-0.25, -0.2) is 4.79 Å². The Morgan fingerprint density at radius 2 is 1.10 bits per heavy atom. The Morgan fingerprint density at radius 1 is 0.538 bits per heavy atom. The van der Waals surface area contributed by atoms with Gasteiger partial charge in [-0.3, -0.25) is 101 Å². The number of ketones is 1. The first-order valence-corrected chi connectivity index (χ1v) is 42.1. The van der Waals surface area contributed by atoms with Crippen molar-refractivity contribution >= 4 is 152 Å². The van der Waals surface area contributed by atoms with Crippen LogP contribution >= 0.6 is 0 Å². The number of amides is 15. The number of fused-ring (bicyclic) bond motifs is 4. The molecule has 0 aliphatic carbocycles. The number of unbranched alkanes of at least 4 members (excludes halogenated alkanes) is 6. The summed E-state index contributed by atoms with van der Waals surface area (Å²) in [6.45, 7) is 1.20. The van der Waals surface area contributed by atoms with Gasteiger partial charge in [0.25, 0.3) is 0 Å². The third-order valence-corrected chi connectivity index (χ3v) is 21.3. The number of aliphatic hydroxyl groups is 1. The molecule has 14 atom stereocenters. The van der Waals surface area contributed by atoms with Crippen LogP contribution < -0.4 is 91.2 Å². The summed E-state index contributed by atoms with van der Waals surface area (Å²) < 4.78 is 5.75. The summed E-state index contributed by atoms with van der Waals surface area (Å²) in [4.78, 5) is 298. The van der Waals surface area contributed by atoms with Crippen LogP contribution in [0.4, 0.5) is 5.69 Å². The Balaban J connectivity index is 1.27. The van der Waals surface area contributed by atoms with Crippen molar-refractivity contribution in [3.8, 4) is 0 Å². The molecule has 1 fully saturated rings. The summed E-state index contributed by atoms with van der Waals surface area (Å²) in [6, 6.07) is -4.45. The van der Waals surface area contributed by atoms with Crippen molar-refractivity contribution in [3.05, 3.63) is 101 Å². The van der Waals surface area contributed by atoms with Crippen molar-refractivity contribution < 1.29 is 131 Å². The smallest absolute Gasteiger partial charge is 0.329 e. The van der Waals surface area contributed by atoms with E-state index in [0.717, 1.165) is 75.0 Å². The maximum absolute atomic E-state index is 15.1. The lowest BCUT2D eigenvalue weighted by atomic mass is 9.96. The molecule has 0 bridgehead atoms. The van der Waals surface area contributed by atoms with Crippen molar-refractivity contribution in [2.45, 2.75) is 228 Å². The fourth-order valence-corrected chi connectivity index (χ4v) is 14.4. The second-order valence-corrected chi connectivity index (χ2v) is 31.5. The Labute approximate surface area is 742 Å². The van der Waals surface area contributed by atoms with Gasteiger partial charge in [-0.2, -0.15) is 0 Å². The van der Waals surface area contributed by atoms with Gasteiger partial charge in [-0.15, -0.1) is 0 Å². The zero-order chi connectivity index (χ0) is 95.6. The SMILES string of the molecule is CCCCCCCCCC(=O)NC(Cc1c[nH]c2ccccc12)C(=O)NC(CC(N)=O)C(=O)NC(CC(=O)O)C(=O)NC1C(=O)NCC(=O)NC(CCCNC(=O)C2Cc3c([nH]c4ccccc34)CN2)C(=O)NC(CC(=O)O)C(=O)NC(C)C(=O)NC(CC(=O)O)C(=O)NCC(=O)NC(CO)C(=O)NC(C(C)CC(=O)O)C(=O)NC(CC(=O)c2ccccc2N)C(=O)OC1C. The molecule has 46 heteroatoms. The van der Waals surface area contributed by atoms with Gasteiger partial charge in [0.15, 0.2) is 5.78 Å². The summed E-state index contributed by atoms with van der Waals surface area (Å²) in [5.74, 6) is -30.7.